The van der Waals surface area contributed by atoms with Crippen molar-refractivity contribution in [1.29, 1.82) is 0 Å². The van der Waals surface area contributed by atoms with Crippen LogP contribution in [0.2, 0.25) is 0 Å². The van der Waals surface area contributed by atoms with E-state index < -0.39 is 0 Å². The highest BCUT2D eigenvalue weighted by Crippen LogP contribution is 2.18. The monoisotopic (exact) mass is 308 g/mol. The number of hydrogen-bond acceptors (Lipinski definition) is 6. The van der Waals surface area contributed by atoms with E-state index in [1.165, 1.54) is 0 Å². The lowest BCUT2D eigenvalue weighted by molar-refractivity contribution is 0.0378. The van der Waals surface area contributed by atoms with Gasteiger partial charge in [0.2, 0.25) is 5.88 Å². The average Bonchev–Trinajstić information content (AvgIpc) is 2.53. The Morgan fingerprint density at radius 3 is 2.77 bits per heavy atom. The molecule has 0 atom stereocenters. The lowest BCUT2D eigenvalue weighted by atomic mass is 10.2. The number of morpholine rings is 1. The summed E-state index contributed by atoms with van der Waals surface area (Å²) in [6.07, 6.45) is 1.09. The first-order valence-corrected chi connectivity index (χ1v) is 8.24. The topological polar surface area (TPSA) is 59.5 Å². The molecular formula is C16H28N4O2. The molecule has 0 radical (unpaired) electrons. The van der Waals surface area contributed by atoms with Gasteiger partial charge < -0.3 is 14.8 Å². The molecule has 1 saturated heterocycles. The maximum atomic E-state index is 5.53. The van der Waals surface area contributed by atoms with Gasteiger partial charge in [0.15, 0.2) is 0 Å². The summed E-state index contributed by atoms with van der Waals surface area (Å²) < 4.78 is 10.9. The second-order valence-electron chi connectivity index (χ2n) is 5.77. The SMILES string of the molecule is CCOc1cc(NCCCN2CCOCC2)nc(C(C)C)n1. The van der Waals surface area contributed by atoms with Gasteiger partial charge in [0.1, 0.15) is 11.6 Å². The van der Waals surface area contributed by atoms with E-state index in [4.69, 9.17) is 9.47 Å². The Morgan fingerprint density at radius 1 is 1.32 bits per heavy atom. The Balaban J connectivity index is 1.82. The largest absolute Gasteiger partial charge is 0.478 e. The van der Waals surface area contributed by atoms with Gasteiger partial charge in [-0.05, 0) is 19.9 Å². The van der Waals surface area contributed by atoms with Crippen molar-refractivity contribution in [1.82, 2.24) is 14.9 Å². The van der Waals surface area contributed by atoms with Crippen molar-refractivity contribution in [3.05, 3.63) is 11.9 Å². The van der Waals surface area contributed by atoms with Gasteiger partial charge in [-0.25, -0.2) is 4.98 Å². The van der Waals surface area contributed by atoms with Gasteiger partial charge in [-0.1, -0.05) is 13.8 Å². The predicted molar refractivity (Wildman–Crippen MR) is 87.7 cm³/mol. The number of hydrogen-bond donors (Lipinski definition) is 1. The molecule has 1 aromatic heterocycles. The summed E-state index contributed by atoms with van der Waals surface area (Å²) in [6.45, 7) is 12.6. The summed E-state index contributed by atoms with van der Waals surface area (Å²) in [7, 11) is 0. The van der Waals surface area contributed by atoms with E-state index in [1.807, 2.05) is 13.0 Å². The second kappa shape index (κ2) is 8.90. The zero-order valence-electron chi connectivity index (χ0n) is 14.0. The highest BCUT2D eigenvalue weighted by Gasteiger charge is 2.10. The Labute approximate surface area is 133 Å². The maximum absolute atomic E-state index is 5.53. The quantitative estimate of drug-likeness (QED) is 0.743. The van der Waals surface area contributed by atoms with E-state index in [0.29, 0.717) is 12.5 Å². The molecular weight excluding hydrogens is 280 g/mol. The van der Waals surface area contributed by atoms with Crippen molar-refractivity contribution in [3.63, 3.8) is 0 Å². The molecule has 0 saturated carbocycles. The van der Waals surface area contributed by atoms with Crippen LogP contribution in [0.3, 0.4) is 0 Å². The van der Waals surface area contributed by atoms with Crippen LogP contribution in [0.5, 0.6) is 5.88 Å². The fourth-order valence-corrected chi connectivity index (χ4v) is 2.36. The van der Waals surface area contributed by atoms with Gasteiger partial charge in [-0.15, -0.1) is 0 Å². The zero-order chi connectivity index (χ0) is 15.8. The Hall–Kier alpha value is -1.40. The first-order valence-electron chi connectivity index (χ1n) is 8.24. The number of ether oxygens (including phenoxy) is 2. The number of aromatic nitrogens is 2. The van der Waals surface area contributed by atoms with Gasteiger partial charge in [-0.2, -0.15) is 4.98 Å². The highest BCUT2D eigenvalue weighted by atomic mass is 16.5. The predicted octanol–water partition coefficient (Wildman–Crippen LogP) is 2.13. The van der Waals surface area contributed by atoms with Gasteiger partial charge in [0.05, 0.1) is 19.8 Å². The van der Waals surface area contributed by atoms with E-state index >= 15 is 0 Å². The Morgan fingerprint density at radius 2 is 2.09 bits per heavy atom. The van der Waals surface area contributed by atoms with E-state index in [0.717, 1.165) is 57.5 Å². The average molecular weight is 308 g/mol. The number of rotatable bonds is 8. The normalized spacial score (nSPS) is 16.0. The van der Waals surface area contributed by atoms with Crippen LogP contribution >= 0.6 is 0 Å². The Bertz CT molecular complexity index is 448. The molecule has 0 bridgehead atoms. The molecule has 1 aromatic rings. The second-order valence-corrected chi connectivity index (χ2v) is 5.77. The molecule has 2 rings (SSSR count). The van der Waals surface area contributed by atoms with Crippen LogP contribution in [-0.2, 0) is 4.74 Å². The molecule has 0 spiro atoms. The zero-order valence-corrected chi connectivity index (χ0v) is 14.0. The van der Waals surface area contributed by atoms with Crippen molar-refractivity contribution >= 4 is 5.82 Å². The maximum Gasteiger partial charge on any atom is 0.218 e. The summed E-state index contributed by atoms with van der Waals surface area (Å²) in [5, 5.41) is 3.39. The molecule has 0 aromatic carbocycles. The highest BCUT2D eigenvalue weighted by molar-refractivity contribution is 5.38. The molecule has 0 unspecified atom stereocenters. The van der Waals surface area contributed by atoms with Crippen LogP contribution in [-0.4, -0.2) is 60.9 Å². The molecule has 1 aliphatic heterocycles. The third-order valence-electron chi connectivity index (χ3n) is 3.59. The van der Waals surface area contributed by atoms with Gasteiger partial charge in [-0.3, -0.25) is 4.90 Å². The minimum absolute atomic E-state index is 0.286. The van der Waals surface area contributed by atoms with Crippen LogP contribution in [0, 0.1) is 0 Å². The van der Waals surface area contributed by atoms with Crippen molar-refractivity contribution in [2.75, 3.05) is 51.3 Å². The molecule has 2 heterocycles. The minimum Gasteiger partial charge on any atom is -0.478 e. The first kappa shape index (κ1) is 17.0. The summed E-state index contributed by atoms with van der Waals surface area (Å²) in [6, 6.07) is 1.88. The van der Waals surface area contributed by atoms with Crippen molar-refractivity contribution in [3.8, 4) is 5.88 Å². The van der Waals surface area contributed by atoms with Crippen molar-refractivity contribution < 1.29 is 9.47 Å². The van der Waals surface area contributed by atoms with E-state index in [9.17, 15) is 0 Å². The minimum atomic E-state index is 0.286. The molecule has 22 heavy (non-hydrogen) atoms. The summed E-state index contributed by atoms with van der Waals surface area (Å²) >= 11 is 0. The van der Waals surface area contributed by atoms with Crippen LogP contribution in [0.25, 0.3) is 0 Å². The lowest BCUT2D eigenvalue weighted by Crippen LogP contribution is -2.37. The van der Waals surface area contributed by atoms with Crippen LogP contribution in [0.4, 0.5) is 5.82 Å². The fraction of sp³-hybridized carbons (Fsp3) is 0.750. The third kappa shape index (κ3) is 5.42. The number of nitrogens with one attached hydrogen (secondary N) is 1. The molecule has 1 fully saturated rings. The van der Waals surface area contributed by atoms with Crippen LogP contribution in [0.1, 0.15) is 38.9 Å². The summed E-state index contributed by atoms with van der Waals surface area (Å²) in [5.74, 6) is 2.61. The van der Waals surface area contributed by atoms with Crippen LogP contribution in [0.15, 0.2) is 6.07 Å². The van der Waals surface area contributed by atoms with Crippen molar-refractivity contribution in [2.24, 2.45) is 0 Å². The first-order chi connectivity index (χ1) is 10.7. The van der Waals surface area contributed by atoms with E-state index in [2.05, 4.69) is 34.0 Å². The Kier molecular flexibility index (Phi) is 6.86. The number of anilines is 1. The molecule has 0 amide bonds. The third-order valence-corrected chi connectivity index (χ3v) is 3.59. The lowest BCUT2D eigenvalue weighted by Gasteiger charge is -2.26. The van der Waals surface area contributed by atoms with E-state index in [1.54, 1.807) is 0 Å². The number of nitrogens with zero attached hydrogens (tertiary/aromatic N) is 3. The molecule has 6 nitrogen and oxygen atoms in total. The molecule has 1 N–H and O–H groups in total. The standard InChI is InChI=1S/C16H28N4O2/c1-4-22-15-12-14(18-16(19-15)13(2)3)17-6-5-7-20-8-10-21-11-9-20/h12-13H,4-11H2,1-3H3,(H,17,18,19). The van der Waals surface area contributed by atoms with Gasteiger partial charge in [0.25, 0.3) is 0 Å². The van der Waals surface area contributed by atoms with Crippen LogP contribution < -0.4 is 10.1 Å². The van der Waals surface area contributed by atoms with Gasteiger partial charge >= 0.3 is 0 Å². The molecule has 124 valence electrons. The summed E-state index contributed by atoms with van der Waals surface area (Å²) in [4.78, 5) is 11.4. The smallest absolute Gasteiger partial charge is 0.218 e. The molecule has 1 aliphatic rings. The fourth-order valence-electron chi connectivity index (χ4n) is 2.36. The molecule has 6 heteroatoms. The van der Waals surface area contributed by atoms with Crippen molar-refractivity contribution in [2.45, 2.75) is 33.1 Å². The molecule has 0 aliphatic carbocycles. The summed E-state index contributed by atoms with van der Waals surface area (Å²) in [5.41, 5.74) is 0. The van der Waals surface area contributed by atoms with Gasteiger partial charge in [0, 0.05) is 31.6 Å². The van der Waals surface area contributed by atoms with E-state index in [-0.39, 0.29) is 5.92 Å².